The van der Waals surface area contributed by atoms with E-state index in [2.05, 4.69) is 0 Å². The van der Waals surface area contributed by atoms with Crippen LogP contribution in [0, 0.1) is 9.39 Å². The minimum atomic E-state index is -0.481. The van der Waals surface area contributed by atoms with Crippen molar-refractivity contribution in [3.63, 3.8) is 0 Å². The number of anilines is 1. The molecule has 112 valence electrons. The summed E-state index contributed by atoms with van der Waals surface area (Å²) in [6.45, 7) is 2.57. The van der Waals surface area contributed by atoms with Gasteiger partial charge in [-0.25, -0.2) is 4.39 Å². The predicted molar refractivity (Wildman–Crippen MR) is 85.4 cm³/mol. The van der Waals surface area contributed by atoms with Gasteiger partial charge in [-0.2, -0.15) is 0 Å². The van der Waals surface area contributed by atoms with Crippen molar-refractivity contribution < 1.29 is 14.0 Å². The molecule has 0 radical (unpaired) electrons. The maximum absolute atomic E-state index is 13.3. The van der Waals surface area contributed by atoms with Crippen LogP contribution in [0.5, 0.6) is 0 Å². The first-order valence-corrected chi connectivity index (χ1v) is 8.21. The minimum Gasteiger partial charge on any atom is -0.329 e. The highest BCUT2D eigenvalue weighted by molar-refractivity contribution is 14.1. The Hall–Kier alpha value is -1.18. The molecule has 3 rings (SSSR count). The van der Waals surface area contributed by atoms with E-state index < -0.39 is 6.04 Å². The molecule has 6 heteroatoms. The van der Waals surface area contributed by atoms with Crippen LogP contribution in [-0.2, 0) is 9.59 Å². The molecule has 0 saturated carbocycles. The summed E-state index contributed by atoms with van der Waals surface area (Å²) >= 11 is 2.01. The zero-order valence-electron chi connectivity index (χ0n) is 11.7. The molecule has 2 heterocycles. The molecule has 2 atom stereocenters. The van der Waals surface area contributed by atoms with Crippen molar-refractivity contribution in [1.82, 2.24) is 4.90 Å². The third kappa shape index (κ3) is 2.33. The fourth-order valence-corrected chi connectivity index (χ4v) is 3.96. The van der Waals surface area contributed by atoms with Crippen LogP contribution >= 0.6 is 22.6 Å². The monoisotopic (exact) mass is 402 g/mol. The van der Waals surface area contributed by atoms with Gasteiger partial charge in [0.15, 0.2) is 0 Å². The van der Waals surface area contributed by atoms with Gasteiger partial charge in [-0.05, 0) is 60.1 Å². The molecule has 0 bridgehead atoms. The van der Waals surface area contributed by atoms with Crippen LogP contribution in [0.3, 0.4) is 0 Å². The smallest absolute Gasteiger partial charge is 0.250 e. The van der Waals surface area contributed by atoms with Crippen LogP contribution < -0.4 is 4.90 Å². The maximum atomic E-state index is 13.3. The van der Waals surface area contributed by atoms with E-state index in [9.17, 15) is 14.0 Å². The molecule has 2 amide bonds. The quantitative estimate of drug-likeness (QED) is 0.714. The normalized spacial score (nSPS) is 25.5. The summed E-state index contributed by atoms with van der Waals surface area (Å²) in [6, 6.07) is 3.49. The van der Waals surface area contributed by atoms with Crippen LogP contribution in [0.2, 0.25) is 0 Å². The number of benzene rings is 1. The average molecular weight is 402 g/mol. The van der Waals surface area contributed by atoms with E-state index in [-0.39, 0.29) is 23.7 Å². The largest absolute Gasteiger partial charge is 0.329 e. The van der Waals surface area contributed by atoms with Crippen molar-refractivity contribution in [2.75, 3.05) is 11.4 Å². The molecule has 0 N–H and O–H groups in total. The third-order valence-electron chi connectivity index (χ3n) is 4.21. The van der Waals surface area contributed by atoms with E-state index in [4.69, 9.17) is 0 Å². The Kier molecular flexibility index (Phi) is 3.90. The van der Waals surface area contributed by atoms with Crippen molar-refractivity contribution in [3.8, 4) is 0 Å². The van der Waals surface area contributed by atoms with Crippen LogP contribution in [0.1, 0.15) is 26.2 Å². The van der Waals surface area contributed by atoms with Gasteiger partial charge in [0.05, 0.1) is 5.69 Å². The topological polar surface area (TPSA) is 40.6 Å². The molecule has 2 fully saturated rings. The van der Waals surface area contributed by atoms with E-state index in [1.807, 2.05) is 29.5 Å². The molecule has 0 aromatic heterocycles. The van der Waals surface area contributed by atoms with Crippen molar-refractivity contribution >= 4 is 40.1 Å². The lowest BCUT2D eigenvalue weighted by Crippen LogP contribution is -2.63. The van der Waals surface area contributed by atoms with Crippen molar-refractivity contribution in [2.45, 2.75) is 38.3 Å². The van der Waals surface area contributed by atoms with Gasteiger partial charge in [0.1, 0.15) is 17.9 Å². The van der Waals surface area contributed by atoms with Gasteiger partial charge < -0.3 is 4.90 Å². The first kappa shape index (κ1) is 14.7. The Labute approximate surface area is 136 Å². The van der Waals surface area contributed by atoms with Gasteiger partial charge in [0.25, 0.3) is 5.91 Å². The second-order valence-electron chi connectivity index (χ2n) is 5.42. The van der Waals surface area contributed by atoms with Gasteiger partial charge >= 0.3 is 0 Å². The number of carbonyl (C=O) groups excluding carboxylic acids is 2. The first-order chi connectivity index (χ1) is 10.0. The summed E-state index contributed by atoms with van der Waals surface area (Å²) < 4.78 is 14.0. The Morgan fingerprint density at radius 3 is 2.76 bits per heavy atom. The standard InChI is InChI=1S/C15H16FIN2O2/c1-2-11-14(20)18-7-3-4-13(18)15(21)19(11)12-6-5-9(16)8-10(12)17/h5-6,8,11,13H,2-4,7H2,1H3. The van der Waals surface area contributed by atoms with Gasteiger partial charge in [-0.3, -0.25) is 14.5 Å². The number of carbonyl (C=O) groups is 2. The number of fused-ring (bicyclic) bond motifs is 1. The Balaban J connectivity index is 2.05. The molecule has 2 saturated heterocycles. The fraction of sp³-hybridized carbons (Fsp3) is 0.467. The molecular weight excluding hydrogens is 386 g/mol. The summed E-state index contributed by atoms with van der Waals surface area (Å²) in [7, 11) is 0. The molecule has 2 aliphatic heterocycles. The van der Waals surface area contributed by atoms with Gasteiger partial charge in [0, 0.05) is 10.1 Å². The highest BCUT2D eigenvalue weighted by Crippen LogP contribution is 2.34. The minimum absolute atomic E-state index is 0.0136. The lowest BCUT2D eigenvalue weighted by Gasteiger charge is -2.42. The number of amides is 2. The number of hydrogen-bond acceptors (Lipinski definition) is 2. The second kappa shape index (κ2) is 5.55. The summed E-state index contributed by atoms with van der Waals surface area (Å²) in [5.74, 6) is -0.363. The van der Waals surface area contributed by atoms with Gasteiger partial charge in [0.2, 0.25) is 5.91 Å². The number of piperazine rings is 1. The summed E-state index contributed by atoms with van der Waals surface area (Å²) in [5, 5.41) is 0. The van der Waals surface area contributed by atoms with Crippen molar-refractivity contribution in [3.05, 3.63) is 27.6 Å². The number of nitrogens with zero attached hydrogens (tertiary/aromatic N) is 2. The third-order valence-corrected chi connectivity index (χ3v) is 5.08. The van der Waals surface area contributed by atoms with Crippen molar-refractivity contribution in [1.29, 1.82) is 0 Å². The fourth-order valence-electron chi connectivity index (χ4n) is 3.22. The Morgan fingerprint density at radius 2 is 2.10 bits per heavy atom. The van der Waals surface area contributed by atoms with E-state index in [1.54, 1.807) is 15.9 Å². The van der Waals surface area contributed by atoms with E-state index in [0.29, 0.717) is 22.2 Å². The maximum Gasteiger partial charge on any atom is 0.250 e. The molecule has 1 aromatic rings. The zero-order valence-corrected chi connectivity index (χ0v) is 13.8. The lowest BCUT2D eigenvalue weighted by atomic mass is 10.0. The van der Waals surface area contributed by atoms with Gasteiger partial charge in [-0.1, -0.05) is 6.92 Å². The molecule has 0 aliphatic carbocycles. The number of rotatable bonds is 2. The summed E-state index contributed by atoms with van der Waals surface area (Å²) in [4.78, 5) is 28.7. The van der Waals surface area contributed by atoms with Crippen LogP contribution in [0.15, 0.2) is 18.2 Å². The Morgan fingerprint density at radius 1 is 1.33 bits per heavy atom. The Bertz CT molecular complexity index is 607. The number of halogens is 2. The average Bonchev–Trinajstić information content (AvgIpc) is 2.93. The van der Waals surface area contributed by atoms with Crippen LogP contribution in [0.4, 0.5) is 10.1 Å². The zero-order chi connectivity index (χ0) is 15.1. The van der Waals surface area contributed by atoms with Crippen molar-refractivity contribution in [2.24, 2.45) is 0 Å². The molecule has 21 heavy (non-hydrogen) atoms. The highest BCUT2D eigenvalue weighted by Gasteiger charge is 2.47. The number of hydrogen-bond donors (Lipinski definition) is 0. The predicted octanol–water partition coefficient (Wildman–Crippen LogP) is 2.55. The summed E-state index contributed by atoms with van der Waals surface area (Å²) in [5.41, 5.74) is 0.633. The summed E-state index contributed by atoms with van der Waals surface area (Å²) in [6.07, 6.45) is 2.14. The van der Waals surface area contributed by atoms with E-state index >= 15 is 0 Å². The SMILES string of the molecule is CCC1C(=O)N2CCCC2C(=O)N1c1ccc(F)cc1I. The lowest BCUT2D eigenvalue weighted by molar-refractivity contribution is -0.144. The molecule has 2 unspecified atom stereocenters. The molecular formula is C15H16FIN2O2. The van der Waals surface area contributed by atoms with E-state index in [1.165, 1.54) is 12.1 Å². The molecule has 1 aromatic carbocycles. The molecule has 0 spiro atoms. The highest BCUT2D eigenvalue weighted by atomic mass is 127. The van der Waals surface area contributed by atoms with E-state index in [0.717, 1.165) is 12.8 Å². The second-order valence-corrected chi connectivity index (χ2v) is 6.58. The molecule has 4 nitrogen and oxygen atoms in total. The molecule has 2 aliphatic rings. The van der Waals surface area contributed by atoms with Crippen LogP contribution in [-0.4, -0.2) is 35.3 Å². The van der Waals surface area contributed by atoms with Crippen LogP contribution in [0.25, 0.3) is 0 Å². The van der Waals surface area contributed by atoms with Gasteiger partial charge in [-0.15, -0.1) is 0 Å². The first-order valence-electron chi connectivity index (χ1n) is 7.13.